The van der Waals surface area contributed by atoms with Crippen LogP contribution in [0.5, 0.6) is 0 Å². The molecule has 20 heavy (non-hydrogen) atoms. The maximum Gasteiger partial charge on any atom is 0.235 e. The lowest BCUT2D eigenvalue weighted by Gasteiger charge is -2.30. The molecule has 118 valence electrons. The first-order valence-electron chi connectivity index (χ1n) is 7.37. The minimum atomic E-state index is -3.36. The van der Waals surface area contributed by atoms with Crippen molar-refractivity contribution in [3.05, 3.63) is 0 Å². The van der Waals surface area contributed by atoms with E-state index in [9.17, 15) is 13.2 Å². The second kappa shape index (κ2) is 6.89. The van der Waals surface area contributed by atoms with Crippen LogP contribution in [0.25, 0.3) is 0 Å². The van der Waals surface area contributed by atoms with Crippen molar-refractivity contribution in [2.45, 2.75) is 70.9 Å². The average Bonchev–Trinajstić information content (AvgIpc) is 2.50. The Kier molecular flexibility index (Phi) is 6.01. The van der Waals surface area contributed by atoms with Gasteiger partial charge in [0.1, 0.15) is 0 Å². The maximum absolute atomic E-state index is 12.0. The van der Waals surface area contributed by atoms with Gasteiger partial charge < -0.3 is 5.32 Å². The number of carbonyl (C=O) groups is 1. The Bertz CT molecular complexity index is 418. The van der Waals surface area contributed by atoms with Crippen LogP contribution in [0, 0.1) is 0 Å². The highest BCUT2D eigenvalue weighted by molar-refractivity contribution is 7.88. The van der Waals surface area contributed by atoms with E-state index in [0.29, 0.717) is 0 Å². The van der Waals surface area contributed by atoms with Gasteiger partial charge in [0.25, 0.3) is 0 Å². The van der Waals surface area contributed by atoms with E-state index in [-0.39, 0.29) is 24.0 Å². The molecule has 1 aliphatic carbocycles. The van der Waals surface area contributed by atoms with Crippen molar-refractivity contribution >= 4 is 15.9 Å². The molecule has 0 unspecified atom stereocenters. The van der Waals surface area contributed by atoms with Gasteiger partial charge in [0.05, 0.1) is 12.8 Å². The second-order valence-electron chi connectivity index (χ2n) is 6.75. The van der Waals surface area contributed by atoms with E-state index in [1.807, 2.05) is 20.8 Å². The summed E-state index contributed by atoms with van der Waals surface area (Å²) < 4.78 is 25.4. The molecule has 1 N–H and O–H groups in total. The van der Waals surface area contributed by atoms with Crippen molar-refractivity contribution in [1.82, 2.24) is 9.62 Å². The van der Waals surface area contributed by atoms with Crippen molar-refractivity contribution in [1.29, 1.82) is 0 Å². The Morgan fingerprint density at radius 1 is 1.15 bits per heavy atom. The molecule has 0 radical (unpaired) electrons. The zero-order valence-corrected chi connectivity index (χ0v) is 13.9. The molecule has 1 fully saturated rings. The monoisotopic (exact) mass is 304 g/mol. The minimum Gasteiger partial charge on any atom is -0.350 e. The summed E-state index contributed by atoms with van der Waals surface area (Å²) in [5, 5.41) is 2.83. The summed E-state index contributed by atoms with van der Waals surface area (Å²) in [6.45, 7) is 5.60. The number of hydrogen-bond acceptors (Lipinski definition) is 3. The van der Waals surface area contributed by atoms with Gasteiger partial charge in [-0.15, -0.1) is 0 Å². The number of rotatable bonds is 4. The van der Waals surface area contributed by atoms with E-state index >= 15 is 0 Å². The first kappa shape index (κ1) is 17.4. The van der Waals surface area contributed by atoms with Crippen molar-refractivity contribution in [3.63, 3.8) is 0 Å². The Morgan fingerprint density at radius 3 is 2.05 bits per heavy atom. The highest BCUT2D eigenvalue weighted by Crippen LogP contribution is 2.23. The molecule has 0 bridgehead atoms. The Balaban J connectivity index is 2.77. The first-order valence-corrected chi connectivity index (χ1v) is 9.22. The molecule has 6 heteroatoms. The van der Waals surface area contributed by atoms with Gasteiger partial charge >= 0.3 is 0 Å². The van der Waals surface area contributed by atoms with Gasteiger partial charge in [-0.1, -0.05) is 25.7 Å². The number of nitrogens with one attached hydrogen (secondary N) is 1. The fourth-order valence-electron chi connectivity index (χ4n) is 2.66. The van der Waals surface area contributed by atoms with Gasteiger partial charge in [0, 0.05) is 11.6 Å². The van der Waals surface area contributed by atoms with Crippen LogP contribution in [0.2, 0.25) is 0 Å². The van der Waals surface area contributed by atoms with Crippen LogP contribution in [-0.4, -0.2) is 43.0 Å². The predicted molar refractivity (Wildman–Crippen MR) is 80.9 cm³/mol. The van der Waals surface area contributed by atoms with Gasteiger partial charge in [-0.05, 0) is 33.6 Å². The van der Waals surface area contributed by atoms with Crippen molar-refractivity contribution in [2.24, 2.45) is 0 Å². The van der Waals surface area contributed by atoms with E-state index in [1.54, 1.807) is 0 Å². The summed E-state index contributed by atoms with van der Waals surface area (Å²) in [4.78, 5) is 12.0. The summed E-state index contributed by atoms with van der Waals surface area (Å²) in [6, 6.07) is -0.0294. The van der Waals surface area contributed by atoms with E-state index < -0.39 is 10.0 Å². The average molecular weight is 304 g/mol. The molecule has 0 aromatic rings. The van der Waals surface area contributed by atoms with Crippen LogP contribution < -0.4 is 5.32 Å². The highest BCUT2D eigenvalue weighted by Gasteiger charge is 2.30. The molecule has 1 rings (SSSR count). The molecular formula is C14H28N2O3S. The largest absolute Gasteiger partial charge is 0.350 e. The maximum atomic E-state index is 12.0. The van der Waals surface area contributed by atoms with E-state index in [0.717, 1.165) is 38.5 Å². The fourth-order valence-corrected chi connectivity index (χ4v) is 3.77. The Morgan fingerprint density at radius 2 is 1.65 bits per heavy atom. The Hall–Kier alpha value is -0.620. The molecule has 0 heterocycles. The quantitative estimate of drug-likeness (QED) is 0.807. The molecule has 0 aromatic heterocycles. The normalized spacial score (nSPS) is 18.9. The number of hydrogen-bond donors (Lipinski definition) is 1. The van der Waals surface area contributed by atoms with Crippen LogP contribution in [0.1, 0.15) is 59.3 Å². The van der Waals surface area contributed by atoms with E-state index in [1.165, 1.54) is 10.6 Å². The first-order chi connectivity index (χ1) is 9.09. The van der Waals surface area contributed by atoms with Crippen molar-refractivity contribution in [2.75, 3.05) is 12.8 Å². The topological polar surface area (TPSA) is 66.5 Å². The third kappa shape index (κ3) is 6.22. The predicted octanol–water partition coefficient (Wildman–Crippen LogP) is 1.89. The third-order valence-electron chi connectivity index (χ3n) is 3.47. The molecule has 0 spiro atoms. The van der Waals surface area contributed by atoms with Crippen LogP contribution in [0.15, 0.2) is 0 Å². The molecule has 1 aliphatic rings. The summed E-state index contributed by atoms with van der Waals surface area (Å²) in [7, 11) is -3.36. The lowest BCUT2D eigenvalue weighted by molar-refractivity contribution is -0.123. The van der Waals surface area contributed by atoms with Gasteiger partial charge in [-0.25, -0.2) is 8.42 Å². The summed E-state index contributed by atoms with van der Waals surface area (Å²) >= 11 is 0. The second-order valence-corrected chi connectivity index (χ2v) is 8.69. The molecule has 1 saturated carbocycles. The number of nitrogens with zero attached hydrogens (tertiary/aromatic N) is 1. The summed E-state index contributed by atoms with van der Waals surface area (Å²) in [5.41, 5.74) is -0.344. The molecule has 0 atom stereocenters. The van der Waals surface area contributed by atoms with E-state index in [2.05, 4.69) is 5.32 Å². The summed E-state index contributed by atoms with van der Waals surface area (Å²) in [6.07, 6.45) is 7.30. The molecule has 5 nitrogen and oxygen atoms in total. The van der Waals surface area contributed by atoms with E-state index in [4.69, 9.17) is 0 Å². The van der Waals surface area contributed by atoms with Crippen LogP contribution >= 0.6 is 0 Å². The standard InChI is InChI=1S/C14H28N2O3S/c1-14(2,3)15-13(17)11-16(20(4,18)19)12-9-7-5-6-8-10-12/h12H,5-11H2,1-4H3,(H,15,17). The molecule has 0 aromatic carbocycles. The molecule has 1 amide bonds. The van der Waals surface area contributed by atoms with Crippen LogP contribution in [0.3, 0.4) is 0 Å². The zero-order valence-electron chi connectivity index (χ0n) is 13.1. The van der Waals surface area contributed by atoms with Gasteiger partial charge in [0.15, 0.2) is 0 Å². The SMILES string of the molecule is CC(C)(C)NC(=O)CN(C1CCCCCC1)S(C)(=O)=O. The third-order valence-corrected chi connectivity index (χ3v) is 4.75. The zero-order chi connectivity index (χ0) is 15.4. The molecule has 0 aliphatic heterocycles. The van der Waals surface area contributed by atoms with Crippen molar-refractivity contribution in [3.8, 4) is 0 Å². The number of amides is 1. The Labute approximate surface area is 123 Å². The van der Waals surface area contributed by atoms with Gasteiger partial charge in [0.2, 0.25) is 15.9 Å². The highest BCUT2D eigenvalue weighted by atomic mass is 32.2. The van der Waals surface area contributed by atoms with Crippen molar-refractivity contribution < 1.29 is 13.2 Å². The smallest absolute Gasteiger partial charge is 0.235 e. The summed E-state index contributed by atoms with van der Waals surface area (Å²) in [5.74, 6) is -0.229. The number of carbonyl (C=O) groups excluding carboxylic acids is 1. The van der Waals surface area contributed by atoms with Gasteiger partial charge in [-0.3, -0.25) is 4.79 Å². The van der Waals surface area contributed by atoms with Crippen LogP contribution in [0.4, 0.5) is 0 Å². The van der Waals surface area contributed by atoms with Crippen LogP contribution in [-0.2, 0) is 14.8 Å². The lowest BCUT2D eigenvalue weighted by Crippen LogP contribution is -2.49. The fraction of sp³-hybridized carbons (Fsp3) is 0.929. The minimum absolute atomic E-state index is 0.0294. The van der Waals surface area contributed by atoms with Gasteiger partial charge in [-0.2, -0.15) is 4.31 Å². The number of sulfonamides is 1. The lowest BCUT2D eigenvalue weighted by atomic mass is 10.1. The molecular weight excluding hydrogens is 276 g/mol. The molecule has 0 saturated heterocycles.